The second-order valence-corrected chi connectivity index (χ2v) is 7.08. The molecule has 0 atom stereocenters. The lowest BCUT2D eigenvalue weighted by molar-refractivity contribution is -0.123. The molecule has 0 radical (unpaired) electrons. The Balaban J connectivity index is 1.61. The van der Waals surface area contributed by atoms with Crippen LogP contribution in [0.1, 0.15) is 12.5 Å². The summed E-state index contributed by atoms with van der Waals surface area (Å²) in [4.78, 5) is 12.0. The molecule has 0 bridgehead atoms. The normalized spacial score (nSPS) is 10.9. The highest BCUT2D eigenvalue weighted by Gasteiger charge is 2.09. The highest BCUT2D eigenvalue weighted by atomic mass is 127. The molecule has 3 aromatic rings. The SMILES string of the molecule is CCOc1cc(I)cc(C=NNC(=O)COc2cccc3ccccc23)c1O. The largest absolute Gasteiger partial charge is 0.504 e. The van der Waals surface area contributed by atoms with Crippen molar-refractivity contribution < 1.29 is 19.4 Å². The molecule has 28 heavy (non-hydrogen) atoms. The number of rotatable bonds is 7. The summed E-state index contributed by atoms with van der Waals surface area (Å²) in [6.45, 7) is 2.10. The summed E-state index contributed by atoms with van der Waals surface area (Å²) in [5.74, 6) is 0.585. The molecular formula is C21H19IN2O4. The van der Waals surface area contributed by atoms with Crippen LogP contribution in [-0.2, 0) is 4.79 Å². The number of carbonyl (C=O) groups excluding carboxylic acids is 1. The van der Waals surface area contributed by atoms with Crippen LogP contribution in [0.4, 0.5) is 0 Å². The van der Waals surface area contributed by atoms with E-state index in [1.807, 2.05) is 49.4 Å². The first-order valence-corrected chi connectivity index (χ1v) is 9.74. The number of nitrogens with one attached hydrogen (secondary N) is 1. The molecule has 0 saturated carbocycles. The van der Waals surface area contributed by atoms with Gasteiger partial charge in [0.25, 0.3) is 5.91 Å². The van der Waals surface area contributed by atoms with Crippen molar-refractivity contribution in [1.29, 1.82) is 0 Å². The van der Waals surface area contributed by atoms with Crippen molar-refractivity contribution >= 4 is 45.5 Å². The molecule has 0 aliphatic carbocycles. The highest BCUT2D eigenvalue weighted by Crippen LogP contribution is 2.31. The number of benzene rings is 3. The maximum Gasteiger partial charge on any atom is 0.277 e. The Labute approximate surface area is 176 Å². The van der Waals surface area contributed by atoms with Crippen LogP contribution in [0, 0.1) is 3.57 Å². The maximum absolute atomic E-state index is 12.0. The van der Waals surface area contributed by atoms with E-state index in [1.54, 1.807) is 12.1 Å². The Bertz CT molecular complexity index is 1020. The Morgan fingerprint density at radius 1 is 1.14 bits per heavy atom. The summed E-state index contributed by atoms with van der Waals surface area (Å²) in [6.07, 6.45) is 1.37. The van der Waals surface area contributed by atoms with Crippen molar-refractivity contribution in [2.75, 3.05) is 13.2 Å². The molecule has 6 nitrogen and oxygen atoms in total. The van der Waals surface area contributed by atoms with E-state index in [9.17, 15) is 9.90 Å². The standard InChI is InChI=1S/C21H19IN2O4/c1-2-27-19-11-16(22)10-15(21(19)26)12-23-24-20(25)13-28-18-9-5-7-14-6-3-4-8-17(14)18/h3-12,26H,2,13H2,1H3,(H,24,25). The number of fused-ring (bicyclic) bond motifs is 1. The summed E-state index contributed by atoms with van der Waals surface area (Å²) in [5.41, 5.74) is 2.85. The van der Waals surface area contributed by atoms with E-state index in [0.29, 0.717) is 23.7 Å². The molecule has 1 amide bonds. The summed E-state index contributed by atoms with van der Waals surface area (Å²) in [6, 6.07) is 16.9. The number of hydrogen-bond donors (Lipinski definition) is 2. The summed E-state index contributed by atoms with van der Waals surface area (Å²) in [7, 11) is 0. The molecule has 0 aliphatic heterocycles. The van der Waals surface area contributed by atoms with E-state index in [2.05, 4.69) is 33.1 Å². The fraction of sp³-hybridized carbons (Fsp3) is 0.143. The number of amides is 1. The van der Waals surface area contributed by atoms with Crippen molar-refractivity contribution in [3.05, 3.63) is 63.7 Å². The zero-order chi connectivity index (χ0) is 19.9. The molecule has 3 aromatic carbocycles. The summed E-state index contributed by atoms with van der Waals surface area (Å²) in [5, 5.41) is 16.1. The van der Waals surface area contributed by atoms with Crippen molar-refractivity contribution in [3.63, 3.8) is 0 Å². The van der Waals surface area contributed by atoms with Gasteiger partial charge in [0, 0.05) is 14.5 Å². The van der Waals surface area contributed by atoms with E-state index in [4.69, 9.17) is 9.47 Å². The molecule has 0 heterocycles. The third kappa shape index (κ3) is 4.92. The van der Waals surface area contributed by atoms with E-state index >= 15 is 0 Å². The number of aromatic hydroxyl groups is 1. The van der Waals surface area contributed by atoms with Crippen LogP contribution in [0.5, 0.6) is 17.2 Å². The van der Waals surface area contributed by atoms with E-state index in [0.717, 1.165) is 14.3 Å². The molecular weight excluding hydrogens is 471 g/mol. The molecule has 0 aliphatic rings. The van der Waals surface area contributed by atoms with Crippen LogP contribution >= 0.6 is 22.6 Å². The van der Waals surface area contributed by atoms with Crippen molar-refractivity contribution in [1.82, 2.24) is 5.43 Å². The molecule has 0 aromatic heterocycles. The molecule has 0 fully saturated rings. The Kier molecular flexibility index (Phi) is 6.70. The first-order chi connectivity index (χ1) is 13.6. The zero-order valence-electron chi connectivity index (χ0n) is 15.2. The molecule has 2 N–H and O–H groups in total. The highest BCUT2D eigenvalue weighted by molar-refractivity contribution is 14.1. The minimum absolute atomic E-state index is 0.0210. The number of hydrogen-bond acceptors (Lipinski definition) is 5. The van der Waals surface area contributed by atoms with Gasteiger partial charge in [0.05, 0.1) is 12.8 Å². The lowest BCUT2D eigenvalue weighted by Gasteiger charge is -2.09. The topological polar surface area (TPSA) is 80.2 Å². The van der Waals surface area contributed by atoms with Gasteiger partial charge in [-0.1, -0.05) is 36.4 Å². The van der Waals surface area contributed by atoms with Gasteiger partial charge >= 0.3 is 0 Å². The Morgan fingerprint density at radius 2 is 1.93 bits per heavy atom. The van der Waals surface area contributed by atoms with Gasteiger partial charge in [-0.2, -0.15) is 5.10 Å². The molecule has 3 rings (SSSR count). The molecule has 144 valence electrons. The Morgan fingerprint density at radius 3 is 2.75 bits per heavy atom. The summed E-state index contributed by atoms with van der Waals surface area (Å²) >= 11 is 2.12. The quantitative estimate of drug-likeness (QED) is 0.297. The predicted octanol–water partition coefficient (Wildman–Crippen LogP) is 4.08. The summed E-state index contributed by atoms with van der Waals surface area (Å²) < 4.78 is 11.9. The minimum atomic E-state index is -0.403. The van der Waals surface area contributed by atoms with Crippen LogP contribution in [0.25, 0.3) is 10.8 Å². The number of hydrazone groups is 1. The molecule has 7 heteroatoms. The van der Waals surface area contributed by atoms with Gasteiger partial charge in [0.15, 0.2) is 18.1 Å². The van der Waals surface area contributed by atoms with Gasteiger partial charge in [-0.15, -0.1) is 0 Å². The Hall–Kier alpha value is -2.81. The fourth-order valence-electron chi connectivity index (χ4n) is 2.63. The number of ether oxygens (including phenoxy) is 2. The molecule has 0 unspecified atom stereocenters. The maximum atomic E-state index is 12.0. The third-order valence-corrected chi connectivity index (χ3v) is 4.49. The van der Waals surface area contributed by atoms with Crippen LogP contribution in [-0.4, -0.2) is 30.4 Å². The van der Waals surface area contributed by atoms with Gasteiger partial charge in [-0.3, -0.25) is 4.79 Å². The smallest absolute Gasteiger partial charge is 0.277 e. The van der Waals surface area contributed by atoms with E-state index < -0.39 is 5.91 Å². The van der Waals surface area contributed by atoms with Gasteiger partial charge in [-0.25, -0.2) is 5.43 Å². The minimum Gasteiger partial charge on any atom is -0.504 e. The van der Waals surface area contributed by atoms with Crippen molar-refractivity contribution in [3.8, 4) is 17.2 Å². The van der Waals surface area contributed by atoms with E-state index in [1.165, 1.54) is 6.21 Å². The zero-order valence-corrected chi connectivity index (χ0v) is 17.3. The van der Waals surface area contributed by atoms with Gasteiger partial charge < -0.3 is 14.6 Å². The number of nitrogens with zero attached hydrogens (tertiary/aromatic N) is 1. The van der Waals surface area contributed by atoms with Gasteiger partial charge in [0.2, 0.25) is 0 Å². The number of halogens is 1. The lowest BCUT2D eigenvalue weighted by atomic mass is 10.1. The van der Waals surface area contributed by atoms with Crippen LogP contribution < -0.4 is 14.9 Å². The van der Waals surface area contributed by atoms with E-state index in [-0.39, 0.29) is 12.4 Å². The number of carbonyl (C=O) groups is 1. The number of phenols is 1. The monoisotopic (exact) mass is 490 g/mol. The second kappa shape index (κ2) is 9.41. The molecule has 0 spiro atoms. The van der Waals surface area contributed by atoms with Crippen LogP contribution in [0.15, 0.2) is 59.7 Å². The van der Waals surface area contributed by atoms with Gasteiger partial charge in [0.1, 0.15) is 5.75 Å². The predicted molar refractivity (Wildman–Crippen MR) is 117 cm³/mol. The molecule has 0 saturated heterocycles. The average Bonchev–Trinajstić information content (AvgIpc) is 2.70. The first kappa shape index (κ1) is 19.9. The third-order valence-electron chi connectivity index (χ3n) is 3.87. The van der Waals surface area contributed by atoms with Crippen LogP contribution in [0.3, 0.4) is 0 Å². The first-order valence-electron chi connectivity index (χ1n) is 8.66. The van der Waals surface area contributed by atoms with Crippen molar-refractivity contribution in [2.24, 2.45) is 5.10 Å². The van der Waals surface area contributed by atoms with Gasteiger partial charge in [-0.05, 0) is 53.1 Å². The average molecular weight is 490 g/mol. The van der Waals surface area contributed by atoms with Crippen molar-refractivity contribution in [2.45, 2.75) is 6.92 Å². The number of phenolic OH excluding ortho intramolecular Hbond substituents is 1. The lowest BCUT2D eigenvalue weighted by Crippen LogP contribution is -2.24. The van der Waals surface area contributed by atoms with Crippen LogP contribution in [0.2, 0.25) is 0 Å². The second-order valence-electron chi connectivity index (χ2n) is 5.83. The fourth-order valence-corrected chi connectivity index (χ4v) is 3.25.